The number of benzene rings is 1. The second-order valence-corrected chi connectivity index (χ2v) is 6.40. The van der Waals surface area contributed by atoms with Crippen molar-refractivity contribution in [3.8, 4) is 5.75 Å². The van der Waals surface area contributed by atoms with Gasteiger partial charge in [-0.25, -0.2) is 17.2 Å². The summed E-state index contributed by atoms with van der Waals surface area (Å²) in [4.78, 5) is -0.726. The Morgan fingerprint density at radius 3 is 2.53 bits per heavy atom. The lowest BCUT2D eigenvalue weighted by atomic mass is 10.2. The third kappa shape index (κ3) is 4.59. The lowest BCUT2D eigenvalue weighted by molar-refractivity contribution is 0.130. The van der Waals surface area contributed by atoms with Gasteiger partial charge in [-0.05, 0) is 13.0 Å². The van der Waals surface area contributed by atoms with Gasteiger partial charge in [-0.1, -0.05) is 0 Å². The zero-order valence-electron chi connectivity index (χ0n) is 10.3. The van der Waals surface area contributed by atoms with Gasteiger partial charge >= 0.3 is 0 Å². The molecule has 0 spiro atoms. The molecule has 0 N–H and O–H groups in total. The number of hydrogen-bond donors (Lipinski definition) is 0. The van der Waals surface area contributed by atoms with E-state index in [1.165, 1.54) is 7.11 Å². The molecule has 1 rings (SSSR count). The summed E-state index contributed by atoms with van der Waals surface area (Å²) < 4.78 is 59.2. The van der Waals surface area contributed by atoms with Gasteiger partial charge in [-0.3, -0.25) is 0 Å². The summed E-state index contributed by atoms with van der Waals surface area (Å²) in [5.74, 6) is -2.75. The van der Waals surface area contributed by atoms with Crippen LogP contribution in [0.15, 0.2) is 17.0 Å². The van der Waals surface area contributed by atoms with Gasteiger partial charge in [0.05, 0.1) is 6.10 Å². The van der Waals surface area contributed by atoms with Crippen molar-refractivity contribution in [2.24, 2.45) is 0 Å². The van der Waals surface area contributed by atoms with Crippen molar-refractivity contribution in [2.75, 3.05) is 13.7 Å². The molecule has 0 saturated heterocycles. The standard InChI is InChI=1S/C11H13ClF2O4S/c1-7(3-4-17-2)18-11-9(14)5-8(13)6-10(11)19(12,15)16/h5-7H,3-4H2,1-2H3. The molecule has 1 aromatic carbocycles. The molecular formula is C11H13ClF2O4S. The van der Waals surface area contributed by atoms with Gasteiger partial charge in [0.25, 0.3) is 9.05 Å². The minimum Gasteiger partial charge on any atom is -0.486 e. The Morgan fingerprint density at radius 1 is 1.37 bits per heavy atom. The average Bonchev–Trinajstić information content (AvgIpc) is 2.28. The summed E-state index contributed by atoms with van der Waals surface area (Å²) in [5, 5.41) is 0. The first-order chi connectivity index (χ1) is 8.75. The number of ether oxygens (including phenoxy) is 2. The van der Waals surface area contributed by atoms with E-state index < -0.39 is 37.4 Å². The van der Waals surface area contributed by atoms with E-state index in [-0.39, 0.29) is 0 Å². The van der Waals surface area contributed by atoms with Crippen LogP contribution in [0.25, 0.3) is 0 Å². The van der Waals surface area contributed by atoms with Gasteiger partial charge in [0, 0.05) is 36.9 Å². The van der Waals surface area contributed by atoms with Crippen LogP contribution in [0.4, 0.5) is 8.78 Å². The molecule has 108 valence electrons. The molecule has 1 unspecified atom stereocenters. The van der Waals surface area contributed by atoms with Crippen molar-refractivity contribution in [1.29, 1.82) is 0 Å². The number of rotatable bonds is 6. The SMILES string of the molecule is COCCC(C)Oc1c(F)cc(F)cc1S(=O)(=O)Cl. The normalized spacial score (nSPS) is 13.3. The quantitative estimate of drug-likeness (QED) is 0.758. The third-order valence-corrected chi connectivity index (χ3v) is 3.61. The molecule has 0 radical (unpaired) electrons. The maximum Gasteiger partial charge on any atom is 0.265 e. The molecule has 1 aromatic rings. The Hall–Kier alpha value is -0.920. The molecular weight excluding hydrogens is 302 g/mol. The third-order valence-electron chi connectivity index (χ3n) is 2.28. The summed E-state index contributed by atoms with van der Waals surface area (Å²) in [5.41, 5.74) is 0. The molecule has 0 aliphatic carbocycles. The molecule has 8 heteroatoms. The van der Waals surface area contributed by atoms with Gasteiger partial charge in [-0.2, -0.15) is 0 Å². The van der Waals surface area contributed by atoms with E-state index in [4.69, 9.17) is 20.2 Å². The first kappa shape index (κ1) is 16.1. The van der Waals surface area contributed by atoms with E-state index in [0.717, 1.165) is 0 Å². The topological polar surface area (TPSA) is 52.6 Å². The zero-order chi connectivity index (χ0) is 14.6. The summed E-state index contributed by atoms with van der Waals surface area (Å²) >= 11 is 0. The lowest BCUT2D eigenvalue weighted by Crippen LogP contribution is -2.16. The van der Waals surface area contributed by atoms with Crippen molar-refractivity contribution in [3.05, 3.63) is 23.8 Å². The van der Waals surface area contributed by atoms with Crippen LogP contribution in [-0.2, 0) is 13.8 Å². The van der Waals surface area contributed by atoms with Crippen molar-refractivity contribution in [3.63, 3.8) is 0 Å². The molecule has 0 saturated carbocycles. The molecule has 1 atom stereocenters. The van der Waals surface area contributed by atoms with E-state index in [1.54, 1.807) is 6.92 Å². The smallest absolute Gasteiger partial charge is 0.265 e. The summed E-state index contributed by atoms with van der Waals surface area (Å²) in [6.45, 7) is 1.96. The minimum absolute atomic E-state index is 0.354. The summed E-state index contributed by atoms with van der Waals surface area (Å²) in [6, 6.07) is 1.15. The van der Waals surface area contributed by atoms with Crippen molar-refractivity contribution in [1.82, 2.24) is 0 Å². The number of halogens is 3. The van der Waals surface area contributed by atoms with Crippen LogP contribution in [0, 0.1) is 11.6 Å². The molecule has 0 fully saturated rings. The van der Waals surface area contributed by atoms with E-state index in [0.29, 0.717) is 25.2 Å². The van der Waals surface area contributed by atoms with E-state index in [9.17, 15) is 17.2 Å². The molecule has 0 bridgehead atoms. The summed E-state index contributed by atoms with van der Waals surface area (Å²) in [6.07, 6.45) is -0.105. The zero-order valence-corrected chi connectivity index (χ0v) is 11.9. The molecule has 0 aliphatic heterocycles. The monoisotopic (exact) mass is 314 g/mol. The van der Waals surface area contributed by atoms with Crippen LogP contribution in [0.2, 0.25) is 0 Å². The van der Waals surface area contributed by atoms with Crippen LogP contribution in [-0.4, -0.2) is 28.2 Å². The first-order valence-electron chi connectivity index (χ1n) is 5.35. The van der Waals surface area contributed by atoms with Crippen LogP contribution < -0.4 is 4.74 Å². The highest BCUT2D eigenvalue weighted by molar-refractivity contribution is 8.13. The van der Waals surface area contributed by atoms with Gasteiger partial charge in [0.1, 0.15) is 10.7 Å². The fraction of sp³-hybridized carbons (Fsp3) is 0.455. The first-order valence-corrected chi connectivity index (χ1v) is 7.66. The van der Waals surface area contributed by atoms with Crippen LogP contribution in [0.1, 0.15) is 13.3 Å². The molecule has 0 amide bonds. The second kappa shape index (κ2) is 6.49. The highest BCUT2D eigenvalue weighted by Gasteiger charge is 2.23. The predicted octanol–water partition coefficient (Wildman–Crippen LogP) is 2.70. The Balaban J connectivity index is 3.12. The molecule has 0 aromatic heterocycles. The van der Waals surface area contributed by atoms with Gasteiger partial charge < -0.3 is 9.47 Å². The number of methoxy groups -OCH3 is 1. The van der Waals surface area contributed by atoms with Gasteiger partial charge in [0.15, 0.2) is 11.6 Å². The van der Waals surface area contributed by atoms with Crippen molar-refractivity contribution in [2.45, 2.75) is 24.3 Å². The summed E-state index contributed by atoms with van der Waals surface area (Å²) in [7, 11) is 2.31. The molecule has 19 heavy (non-hydrogen) atoms. The highest BCUT2D eigenvalue weighted by Crippen LogP contribution is 2.31. The van der Waals surface area contributed by atoms with E-state index in [2.05, 4.69) is 0 Å². The second-order valence-electron chi connectivity index (χ2n) is 3.86. The van der Waals surface area contributed by atoms with Gasteiger partial charge in [-0.15, -0.1) is 0 Å². The van der Waals surface area contributed by atoms with Crippen molar-refractivity contribution >= 4 is 19.7 Å². The van der Waals surface area contributed by atoms with E-state index in [1.807, 2.05) is 0 Å². The molecule has 4 nitrogen and oxygen atoms in total. The Morgan fingerprint density at radius 2 is 2.00 bits per heavy atom. The maximum atomic E-state index is 13.6. The fourth-order valence-electron chi connectivity index (χ4n) is 1.38. The predicted molar refractivity (Wildman–Crippen MR) is 66.0 cm³/mol. The highest BCUT2D eigenvalue weighted by atomic mass is 35.7. The molecule has 0 heterocycles. The maximum absolute atomic E-state index is 13.6. The van der Waals surface area contributed by atoms with E-state index >= 15 is 0 Å². The lowest BCUT2D eigenvalue weighted by Gasteiger charge is -2.16. The van der Waals surface area contributed by atoms with Crippen LogP contribution >= 0.6 is 10.7 Å². The van der Waals surface area contributed by atoms with Crippen LogP contribution in [0.5, 0.6) is 5.75 Å². The fourth-order valence-corrected chi connectivity index (χ4v) is 2.34. The largest absolute Gasteiger partial charge is 0.486 e. The van der Waals surface area contributed by atoms with Crippen LogP contribution in [0.3, 0.4) is 0 Å². The average molecular weight is 315 g/mol. The van der Waals surface area contributed by atoms with Crippen molar-refractivity contribution < 1.29 is 26.7 Å². The Labute approximate surface area is 114 Å². The number of hydrogen-bond acceptors (Lipinski definition) is 4. The minimum atomic E-state index is -4.31. The Bertz CT molecular complexity index is 548. The Kier molecular flexibility index (Phi) is 5.51. The van der Waals surface area contributed by atoms with Gasteiger partial charge in [0.2, 0.25) is 0 Å². The molecule has 0 aliphatic rings.